The second-order valence-corrected chi connectivity index (χ2v) is 6.17. The summed E-state index contributed by atoms with van der Waals surface area (Å²) in [7, 11) is 0. The van der Waals surface area contributed by atoms with Crippen molar-refractivity contribution in [2.45, 2.75) is 39.5 Å². The summed E-state index contributed by atoms with van der Waals surface area (Å²) in [5.74, 6) is 0.0985. The van der Waals surface area contributed by atoms with E-state index in [0.29, 0.717) is 11.3 Å². The zero-order valence-corrected chi connectivity index (χ0v) is 14.3. The molecule has 0 aromatic heterocycles. The third-order valence-electron chi connectivity index (χ3n) is 3.15. The average molecular weight is 357 g/mol. The van der Waals surface area contributed by atoms with Crippen LogP contribution in [0.3, 0.4) is 0 Å². The maximum Gasteiger partial charge on any atom is 0.227 e. The van der Waals surface area contributed by atoms with E-state index in [4.69, 9.17) is 18.0 Å². The lowest BCUT2D eigenvalue weighted by atomic mass is 9.97. The summed E-state index contributed by atoms with van der Waals surface area (Å²) in [6, 6.07) is 5.52. The molecular weight excluding hydrogens is 336 g/mol. The Labute approximate surface area is 134 Å². The second-order valence-electron chi connectivity index (χ2n) is 4.82. The van der Waals surface area contributed by atoms with E-state index in [9.17, 15) is 4.79 Å². The highest BCUT2D eigenvalue weighted by Crippen LogP contribution is 2.23. The zero-order valence-electron chi connectivity index (χ0n) is 11.9. The fourth-order valence-electron chi connectivity index (χ4n) is 2.17. The van der Waals surface area contributed by atoms with E-state index in [2.05, 4.69) is 35.1 Å². The SMILES string of the molecule is CCCC(CCC)C(=O)Nc1ccc(Br)cc1C(N)=S. The van der Waals surface area contributed by atoms with Crippen LogP contribution in [0.2, 0.25) is 0 Å². The highest BCUT2D eigenvalue weighted by Gasteiger charge is 2.18. The smallest absolute Gasteiger partial charge is 0.227 e. The van der Waals surface area contributed by atoms with Crippen molar-refractivity contribution >= 4 is 44.7 Å². The van der Waals surface area contributed by atoms with Crippen LogP contribution in [0.1, 0.15) is 45.1 Å². The van der Waals surface area contributed by atoms with Crippen LogP contribution in [0.25, 0.3) is 0 Å². The number of halogens is 1. The molecule has 0 saturated carbocycles. The number of benzene rings is 1. The van der Waals surface area contributed by atoms with Crippen molar-refractivity contribution in [2.75, 3.05) is 5.32 Å². The van der Waals surface area contributed by atoms with Crippen molar-refractivity contribution in [2.24, 2.45) is 11.7 Å². The number of anilines is 1. The molecule has 0 radical (unpaired) electrons. The highest BCUT2D eigenvalue weighted by atomic mass is 79.9. The Kier molecular flexibility index (Phi) is 7.16. The molecule has 0 unspecified atom stereocenters. The summed E-state index contributed by atoms with van der Waals surface area (Å²) in [5.41, 5.74) is 7.08. The maximum atomic E-state index is 12.3. The van der Waals surface area contributed by atoms with Gasteiger partial charge < -0.3 is 11.1 Å². The Bertz CT molecular complexity index is 485. The van der Waals surface area contributed by atoms with Crippen LogP contribution >= 0.6 is 28.1 Å². The van der Waals surface area contributed by atoms with Crippen LogP contribution in [0.15, 0.2) is 22.7 Å². The minimum Gasteiger partial charge on any atom is -0.389 e. The van der Waals surface area contributed by atoms with Crippen molar-refractivity contribution in [1.82, 2.24) is 0 Å². The van der Waals surface area contributed by atoms with E-state index in [0.717, 1.165) is 30.2 Å². The molecule has 5 heteroatoms. The third kappa shape index (κ3) is 4.87. The van der Waals surface area contributed by atoms with Gasteiger partial charge in [0.15, 0.2) is 0 Å². The number of hydrogen-bond acceptors (Lipinski definition) is 2. The van der Waals surface area contributed by atoms with Gasteiger partial charge in [0.1, 0.15) is 4.99 Å². The van der Waals surface area contributed by atoms with Gasteiger partial charge in [0.05, 0.1) is 5.69 Å². The Balaban J connectivity index is 2.91. The Morgan fingerprint density at radius 3 is 2.45 bits per heavy atom. The van der Waals surface area contributed by atoms with Gasteiger partial charge in [-0.2, -0.15) is 0 Å². The molecule has 0 bridgehead atoms. The summed E-state index contributed by atoms with van der Waals surface area (Å²) < 4.78 is 0.886. The van der Waals surface area contributed by atoms with Crippen LogP contribution in [-0.4, -0.2) is 10.9 Å². The van der Waals surface area contributed by atoms with Gasteiger partial charge in [-0.25, -0.2) is 0 Å². The number of hydrogen-bond donors (Lipinski definition) is 2. The standard InChI is InChI=1S/C15H21BrN2OS/c1-3-5-10(6-4-2)15(19)18-13-8-7-11(16)9-12(13)14(17)20/h7-10H,3-6H2,1-2H3,(H2,17,20)(H,18,19). The van der Waals surface area contributed by atoms with Crippen molar-refractivity contribution in [3.05, 3.63) is 28.2 Å². The average Bonchev–Trinajstić information content (AvgIpc) is 2.40. The minimum atomic E-state index is 0.0489. The normalized spacial score (nSPS) is 10.6. The van der Waals surface area contributed by atoms with Crippen LogP contribution < -0.4 is 11.1 Å². The molecule has 20 heavy (non-hydrogen) atoms. The number of nitrogens with one attached hydrogen (secondary N) is 1. The van der Waals surface area contributed by atoms with Crippen LogP contribution in [0.5, 0.6) is 0 Å². The lowest BCUT2D eigenvalue weighted by Gasteiger charge is -2.17. The van der Waals surface area contributed by atoms with Gasteiger partial charge in [0.25, 0.3) is 0 Å². The van der Waals surface area contributed by atoms with E-state index < -0.39 is 0 Å². The summed E-state index contributed by atoms with van der Waals surface area (Å²) in [6.45, 7) is 4.19. The summed E-state index contributed by atoms with van der Waals surface area (Å²) in [5, 5.41) is 2.96. The quantitative estimate of drug-likeness (QED) is 0.718. The molecule has 0 aliphatic heterocycles. The summed E-state index contributed by atoms with van der Waals surface area (Å²) in [4.78, 5) is 12.6. The van der Waals surface area contributed by atoms with Gasteiger partial charge in [-0.1, -0.05) is 54.8 Å². The van der Waals surface area contributed by atoms with E-state index in [1.54, 1.807) is 0 Å². The molecule has 0 atom stereocenters. The number of carbonyl (C=O) groups excluding carboxylic acids is 1. The first-order valence-corrected chi connectivity index (χ1v) is 8.09. The predicted octanol–water partition coefficient (Wildman–Crippen LogP) is 4.24. The van der Waals surface area contributed by atoms with Gasteiger partial charge in [-0.05, 0) is 31.0 Å². The van der Waals surface area contributed by atoms with Crippen LogP contribution in [-0.2, 0) is 4.79 Å². The maximum absolute atomic E-state index is 12.3. The lowest BCUT2D eigenvalue weighted by Crippen LogP contribution is -2.24. The molecule has 0 aliphatic carbocycles. The van der Waals surface area contributed by atoms with E-state index >= 15 is 0 Å². The van der Waals surface area contributed by atoms with Crippen molar-refractivity contribution < 1.29 is 4.79 Å². The van der Waals surface area contributed by atoms with Crippen LogP contribution in [0.4, 0.5) is 5.69 Å². The number of thiocarbonyl (C=S) groups is 1. The van der Waals surface area contributed by atoms with Crippen molar-refractivity contribution in [1.29, 1.82) is 0 Å². The van der Waals surface area contributed by atoms with Crippen LogP contribution in [0, 0.1) is 5.92 Å². The van der Waals surface area contributed by atoms with Gasteiger partial charge in [0.2, 0.25) is 5.91 Å². The molecule has 3 nitrogen and oxygen atoms in total. The summed E-state index contributed by atoms with van der Waals surface area (Å²) >= 11 is 8.42. The molecule has 110 valence electrons. The molecule has 1 aromatic rings. The predicted molar refractivity (Wildman–Crippen MR) is 92.0 cm³/mol. The zero-order chi connectivity index (χ0) is 15.1. The molecule has 0 aliphatic rings. The molecule has 1 amide bonds. The first kappa shape index (κ1) is 17.1. The number of amides is 1. The molecule has 3 N–H and O–H groups in total. The van der Waals surface area contributed by atoms with Crippen molar-refractivity contribution in [3.63, 3.8) is 0 Å². The lowest BCUT2D eigenvalue weighted by molar-refractivity contribution is -0.120. The van der Waals surface area contributed by atoms with Gasteiger partial charge >= 0.3 is 0 Å². The number of rotatable bonds is 7. The molecular formula is C15H21BrN2OS. The Morgan fingerprint density at radius 2 is 1.95 bits per heavy atom. The Hall–Kier alpha value is -0.940. The van der Waals surface area contributed by atoms with E-state index in [-0.39, 0.29) is 16.8 Å². The first-order valence-electron chi connectivity index (χ1n) is 6.89. The minimum absolute atomic E-state index is 0.0489. The monoisotopic (exact) mass is 356 g/mol. The van der Waals surface area contributed by atoms with Gasteiger partial charge in [-0.3, -0.25) is 4.79 Å². The Morgan fingerprint density at radius 1 is 1.35 bits per heavy atom. The topological polar surface area (TPSA) is 55.1 Å². The molecule has 0 spiro atoms. The highest BCUT2D eigenvalue weighted by molar-refractivity contribution is 9.10. The molecule has 0 heterocycles. The first-order chi connectivity index (χ1) is 9.49. The number of carbonyl (C=O) groups is 1. The van der Waals surface area contributed by atoms with Gasteiger partial charge in [-0.15, -0.1) is 0 Å². The fourth-order valence-corrected chi connectivity index (χ4v) is 2.70. The second kappa shape index (κ2) is 8.37. The van der Waals surface area contributed by atoms with Crippen molar-refractivity contribution in [3.8, 4) is 0 Å². The van der Waals surface area contributed by atoms with E-state index in [1.807, 2.05) is 18.2 Å². The summed E-state index contributed by atoms with van der Waals surface area (Å²) in [6.07, 6.45) is 3.80. The third-order valence-corrected chi connectivity index (χ3v) is 3.86. The molecule has 0 saturated heterocycles. The van der Waals surface area contributed by atoms with Gasteiger partial charge in [0, 0.05) is 16.0 Å². The largest absolute Gasteiger partial charge is 0.389 e. The molecule has 0 fully saturated rings. The number of nitrogens with two attached hydrogens (primary N) is 1. The fraction of sp³-hybridized carbons (Fsp3) is 0.467. The molecule has 1 rings (SSSR count). The van der Waals surface area contributed by atoms with E-state index in [1.165, 1.54) is 0 Å². The molecule has 1 aromatic carbocycles.